The van der Waals surface area contributed by atoms with Gasteiger partial charge in [-0.2, -0.15) is 0 Å². The minimum absolute atomic E-state index is 0.0400. The number of para-hydroxylation sites is 1. The van der Waals surface area contributed by atoms with E-state index in [1.165, 1.54) is 11.8 Å². The van der Waals surface area contributed by atoms with Gasteiger partial charge in [-0.1, -0.05) is 36.4 Å². The molecule has 2 heterocycles. The van der Waals surface area contributed by atoms with Crippen LogP contribution >= 0.6 is 11.8 Å². The van der Waals surface area contributed by atoms with Crippen molar-refractivity contribution in [1.82, 2.24) is 10.2 Å². The summed E-state index contributed by atoms with van der Waals surface area (Å²) < 4.78 is 0. The van der Waals surface area contributed by atoms with E-state index < -0.39 is 5.25 Å². The maximum Gasteiger partial charge on any atom is 0.247 e. The van der Waals surface area contributed by atoms with Crippen LogP contribution in [0.25, 0.3) is 0 Å². The number of nitrogens with zero attached hydrogens (tertiary/aromatic N) is 1. The van der Waals surface area contributed by atoms with E-state index >= 15 is 0 Å². The fourth-order valence-corrected chi connectivity index (χ4v) is 4.98. The number of likely N-dealkylation sites (tertiary alicyclic amines) is 1. The predicted molar refractivity (Wildman–Crippen MR) is 117 cm³/mol. The highest BCUT2D eigenvalue weighted by Crippen LogP contribution is 2.36. The lowest BCUT2D eigenvalue weighted by atomic mass is 9.96. The summed E-state index contributed by atoms with van der Waals surface area (Å²) in [4.78, 5) is 40.9. The van der Waals surface area contributed by atoms with Crippen molar-refractivity contribution in [3.8, 4) is 0 Å². The van der Waals surface area contributed by atoms with Crippen molar-refractivity contribution in [2.24, 2.45) is 5.92 Å². The van der Waals surface area contributed by atoms with Crippen molar-refractivity contribution < 1.29 is 14.4 Å². The zero-order valence-electron chi connectivity index (χ0n) is 16.9. The van der Waals surface area contributed by atoms with E-state index in [9.17, 15) is 14.4 Å². The van der Waals surface area contributed by atoms with E-state index in [-0.39, 0.29) is 23.6 Å². The van der Waals surface area contributed by atoms with Gasteiger partial charge in [0.15, 0.2) is 5.25 Å². The Hall–Kier alpha value is -2.80. The highest BCUT2D eigenvalue weighted by molar-refractivity contribution is 8.01. The molecule has 0 spiro atoms. The molecule has 0 aliphatic carbocycles. The van der Waals surface area contributed by atoms with Crippen LogP contribution in [0.4, 0.5) is 5.69 Å². The number of anilines is 1. The van der Waals surface area contributed by atoms with Crippen molar-refractivity contribution in [2.45, 2.75) is 36.5 Å². The van der Waals surface area contributed by atoms with Gasteiger partial charge in [-0.05, 0) is 43.0 Å². The van der Waals surface area contributed by atoms with Crippen LogP contribution in [-0.2, 0) is 20.9 Å². The maximum absolute atomic E-state index is 13.1. The third-order valence-electron chi connectivity index (χ3n) is 5.67. The third-order valence-corrected chi connectivity index (χ3v) is 6.93. The summed E-state index contributed by atoms with van der Waals surface area (Å²) in [7, 11) is 0. The zero-order chi connectivity index (χ0) is 21.1. The standard InChI is InChI=1S/C23H25N3O3S/c1-15-7-2-3-8-16(15)13-24-21(27)17-9-6-12-26(14-17)23(29)20-22(28)25-18-10-4-5-11-19(18)30-20/h2-5,7-8,10-11,17,20H,6,9,12-14H2,1H3,(H,24,27)(H,25,28)/t17-,20+/m1/s1. The second-order valence-electron chi connectivity index (χ2n) is 7.75. The Balaban J connectivity index is 1.37. The lowest BCUT2D eigenvalue weighted by Gasteiger charge is -2.35. The molecule has 2 N–H and O–H groups in total. The van der Waals surface area contributed by atoms with Crippen LogP contribution in [0.5, 0.6) is 0 Å². The molecule has 2 aliphatic heterocycles. The van der Waals surface area contributed by atoms with Crippen LogP contribution in [0, 0.1) is 12.8 Å². The quantitative estimate of drug-likeness (QED) is 0.741. The summed E-state index contributed by atoms with van der Waals surface area (Å²) in [6.45, 7) is 3.43. The zero-order valence-corrected chi connectivity index (χ0v) is 17.7. The van der Waals surface area contributed by atoms with Crippen molar-refractivity contribution in [2.75, 3.05) is 18.4 Å². The molecule has 3 amide bonds. The number of rotatable bonds is 4. The van der Waals surface area contributed by atoms with E-state index in [1.54, 1.807) is 4.90 Å². The first kappa shape index (κ1) is 20.5. The Labute approximate surface area is 180 Å². The number of carbonyl (C=O) groups is 3. The number of hydrogen-bond acceptors (Lipinski definition) is 4. The Kier molecular flexibility index (Phi) is 6.08. The predicted octanol–water partition coefficient (Wildman–Crippen LogP) is 2.96. The fourth-order valence-electron chi connectivity index (χ4n) is 3.91. The van der Waals surface area contributed by atoms with Gasteiger partial charge in [0.2, 0.25) is 17.7 Å². The van der Waals surface area contributed by atoms with Crippen molar-refractivity contribution >= 4 is 35.2 Å². The smallest absolute Gasteiger partial charge is 0.247 e. The summed E-state index contributed by atoms with van der Waals surface area (Å²) >= 11 is 1.28. The summed E-state index contributed by atoms with van der Waals surface area (Å²) in [5, 5.41) is 5.02. The van der Waals surface area contributed by atoms with E-state index in [1.807, 2.05) is 55.5 Å². The molecule has 2 atom stereocenters. The molecule has 2 aromatic carbocycles. The van der Waals surface area contributed by atoms with Crippen LogP contribution in [0.15, 0.2) is 53.4 Å². The number of thioether (sulfide) groups is 1. The van der Waals surface area contributed by atoms with Gasteiger partial charge >= 0.3 is 0 Å². The van der Waals surface area contributed by atoms with Gasteiger partial charge in [-0.3, -0.25) is 14.4 Å². The Morgan fingerprint density at radius 2 is 1.93 bits per heavy atom. The number of piperidine rings is 1. The summed E-state index contributed by atoms with van der Waals surface area (Å²) in [5.41, 5.74) is 2.96. The van der Waals surface area contributed by atoms with Gasteiger partial charge < -0.3 is 15.5 Å². The molecule has 0 saturated carbocycles. The fraction of sp³-hybridized carbons (Fsp3) is 0.348. The average molecular weight is 424 g/mol. The third kappa shape index (κ3) is 4.36. The van der Waals surface area contributed by atoms with Gasteiger partial charge in [-0.25, -0.2) is 0 Å². The normalized spacial score (nSPS) is 20.8. The van der Waals surface area contributed by atoms with Crippen LogP contribution in [0.3, 0.4) is 0 Å². The first-order chi connectivity index (χ1) is 14.5. The van der Waals surface area contributed by atoms with Crippen molar-refractivity contribution in [3.05, 3.63) is 59.7 Å². The molecular weight excluding hydrogens is 398 g/mol. The summed E-state index contributed by atoms with van der Waals surface area (Å²) in [6, 6.07) is 15.4. The molecule has 7 heteroatoms. The summed E-state index contributed by atoms with van der Waals surface area (Å²) in [6.07, 6.45) is 1.50. The Morgan fingerprint density at radius 1 is 1.17 bits per heavy atom. The topological polar surface area (TPSA) is 78.5 Å². The number of aryl methyl sites for hydroxylation is 1. The molecular formula is C23H25N3O3S. The van der Waals surface area contributed by atoms with E-state index in [4.69, 9.17) is 0 Å². The van der Waals surface area contributed by atoms with Crippen molar-refractivity contribution in [1.29, 1.82) is 0 Å². The average Bonchev–Trinajstić information content (AvgIpc) is 2.77. The monoisotopic (exact) mass is 423 g/mol. The van der Waals surface area contributed by atoms with Crippen LogP contribution in [-0.4, -0.2) is 41.0 Å². The van der Waals surface area contributed by atoms with E-state index in [2.05, 4.69) is 10.6 Å². The van der Waals surface area contributed by atoms with Gasteiger partial charge in [0, 0.05) is 24.5 Å². The van der Waals surface area contributed by atoms with Gasteiger partial charge in [0.25, 0.3) is 0 Å². The first-order valence-corrected chi connectivity index (χ1v) is 11.1. The second kappa shape index (κ2) is 8.92. The molecule has 4 rings (SSSR count). The molecule has 6 nitrogen and oxygen atoms in total. The molecule has 0 bridgehead atoms. The first-order valence-electron chi connectivity index (χ1n) is 10.2. The van der Waals surface area contributed by atoms with Crippen molar-refractivity contribution in [3.63, 3.8) is 0 Å². The number of carbonyl (C=O) groups excluding carboxylic acids is 3. The number of nitrogens with one attached hydrogen (secondary N) is 2. The molecule has 30 heavy (non-hydrogen) atoms. The molecule has 1 saturated heterocycles. The summed E-state index contributed by atoms with van der Waals surface area (Å²) in [5.74, 6) is -0.810. The minimum Gasteiger partial charge on any atom is -0.352 e. The SMILES string of the molecule is Cc1ccccc1CNC(=O)[C@@H]1CCCN(C(=O)[C@H]2Sc3ccccc3NC2=O)C1. The number of fused-ring (bicyclic) bond motifs is 1. The van der Waals surface area contributed by atoms with Crippen LogP contribution < -0.4 is 10.6 Å². The van der Waals surface area contributed by atoms with Crippen LogP contribution in [0.1, 0.15) is 24.0 Å². The molecule has 0 unspecified atom stereocenters. The minimum atomic E-state index is -0.811. The number of benzene rings is 2. The largest absolute Gasteiger partial charge is 0.352 e. The Bertz CT molecular complexity index is 978. The number of amides is 3. The molecule has 2 aliphatic rings. The van der Waals surface area contributed by atoms with Crippen LogP contribution in [0.2, 0.25) is 0 Å². The van der Waals surface area contributed by atoms with Gasteiger partial charge in [-0.15, -0.1) is 11.8 Å². The lowest BCUT2D eigenvalue weighted by Crippen LogP contribution is -2.50. The van der Waals surface area contributed by atoms with E-state index in [0.29, 0.717) is 19.6 Å². The molecule has 0 aromatic heterocycles. The maximum atomic E-state index is 13.1. The Morgan fingerprint density at radius 3 is 2.77 bits per heavy atom. The highest BCUT2D eigenvalue weighted by Gasteiger charge is 2.38. The number of hydrogen-bond donors (Lipinski definition) is 2. The molecule has 156 valence electrons. The molecule has 2 aromatic rings. The van der Waals surface area contributed by atoms with Gasteiger partial charge in [0.1, 0.15) is 0 Å². The molecule has 1 fully saturated rings. The molecule has 0 radical (unpaired) electrons. The van der Waals surface area contributed by atoms with Gasteiger partial charge in [0.05, 0.1) is 11.6 Å². The highest BCUT2D eigenvalue weighted by atomic mass is 32.2. The lowest BCUT2D eigenvalue weighted by molar-refractivity contribution is -0.137. The van der Waals surface area contributed by atoms with E-state index in [0.717, 1.165) is 34.6 Å². The second-order valence-corrected chi connectivity index (χ2v) is 8.90.